The van der Waals surface area contributed by atoms with Gasteiger partial charge in [0.05, 0.1) is 5.56 Å². The van der Waals surface area contributed by atoms with Gasteiger partial charge in [0.1, 0.15) is 0 Å². The van der Waals surface area contributed by atoms with Crippen molar-refractivity contribution < 1.29 is 4.79 Å². The van der Waals surface area contributed by atoms with Gasteiger partial charge in [-0.2, -0.15) is 0 Å². The Hall–Kier alpha value is -1.95. The van der Waals surface area contributed by atoms with Crippen LogP contribution in [0.25, 0.3) is 5.65 Å². The summed E-state index contributed by atoms with van der Waals surface area (Å²) in [5.74, 6) is 0.937. The molecular weight excluding hydrogens is 242 g/mol. The zero-order valence-electron chi connectivity index (χ0n) is 11.2. The van der Waals surface area contributed by atoms with E-state index < -0.39 is 0 Å². The maximum Gasteiger partial charge on any atom is 0.162 e. The topological polar surface area (TPSA) is 53.7 Å². The largest absolute Gasteiger partial charge is 0.353 e. The van der Waals surface area contributed by atoms with Crippen molar-refractivity contribution in [1.82, 2.24) is 19.5 Å². The van der Waals surface area contributed by atoms with Crippen molar-refractivity contribution in [2.24, 2.45) is 0 Å². The summed E-state index contributed by atoms with van der Waals surface area (Å²) in [6.07, 6.45) is 3.34. The summed E-state index contributed by atoms with van der Waals surface area (Å²) in [7, 11) is 2.13. The van der Waals surface area contributed by atoms with Crippen molar-refractivity contribution in [3.63, 3.8) is 0 Å². The van der Waals surface area contributed by atoms with Crippen molar-refractivity contribution in [2.75, 3.05) is 38.1 Å². The lowest BCUT2D eigenvalue weighted by Crippen LogP contribution is -2.44. The van der Waals surface area contributed by atoms with Crippen LogP contribution >= 0.6 is 0 Å². The molecule has 2 aromatic heterocycles. The molecule has 0 saturated carbocycles. The zero-order chi connectivity index (χ0) is 13.4. The number of likely N-dealkylation sites (N-methyl/N-ethyl adjacent to an activating group) is 1. The van der Waals surface area contributed by atoms with E-state index in [-0.39, 0.29) is 5.78 Å². The molecule has 19 heavy (non-hydrogen) atoms. The first kappa shape index (κ1) is 12.1. The standard InChI is InChI=1S/C13H17N5O/c1-10(19)11-8-14-12-7-13(15-18(12)9-11)17-5-3-16(2)4-6-17/h7-9H,3-6H2,1-2H3. The quantitative estimate of drug-likeness (QED) is 0.742. The third-order valence-corrected chi connectivity index (χ3v) is 3.53. The molecule has 0 N–H and O–H groups in total. The maximum atomic E-state index is 11.3. The minimum atomic E-state index is 0.00560. The average Bonchev–Trinajstić information content (AvgIpc) is 2.82. The predicted octanol–water partition coefficient (Wildman–Crippen LogP) is 0.684. The lowest BCUT2D eigenvalue weighted by Gasteiger charge is -2.32. The predicted molar refractivity (Wildman–Crippen MR) is 72.7 cm³/mol. The van der Waals surface area contributed by atoms with Crippen LogP contribution in [0.1, 0.15) is 17.3 Å². The number of Topliss-reactive ketones (excluding diaryl/α,β-unsaturated/α-hetero) is 1. The molecule has 6 heteroatoms. The second-order valence-corrected chi connectivity index (χ2v) is 4.99. The van der Waals surface area contributed by atoms with Gasteiger partial charge in [0.15, 0.2) is 17.2 Å². The van der Waals surface area contributed by atoms with Crippen molar-refractivity contribution in [2.45, 2.75) is 6.92 Å². The van der Waals surface area contributed by atoms with Gasteiger partial charge in [-0.3, -0.25) is 4.79 Å². The van der Waals surface area contributed by atoms with Crippen LogP contribution in [-0.4, -0.2) is 58.5 Å². The van der Waals surface area contributed by atoms with E-state index in [9.17, 15) is 4.79 Å². The zero-order valence-corrected chi connectivity index (χ0v) is 11.2. The number of aromatic nitrogens is 3. The molecule has 3 heterocycles. The third kappa shape index (κ3) is 2.31. The maximum absolute atomic E-state index is 11.3. The number of hydrogen-bond donors (Lipinski definition) is 0. The van der Waals surface area contributed by atoms with Gasteiger partial charge in [0.2, 0.25) is 0 Å². The number of ketones is 1. The number of carbonyl (C=O) groups excluding carboxylic acids is 1. The van der Waals surface area contributed by atoms with Gasteiger partial charge in [0.25, 0.3) is 0 Å². The van der Waals surface area contributed by atoms with Crippen LogP contribution in [0.2, 0.25) is 0 Å². The summed E-state index contributed by atoms with van der Waals surface area (Å²) in [5, 5.41) is 4.51. The number of anilines is 1. The number of hydrogen-bond acceptors (Lipinski definition) is 5. The first-order valence-electron chi connectivity index (χ1n) is 6.43. The molecule has 1 aliphatic heterocycles. The fourth-order valence-electron chi connectivity index (χ4n) is 2.24. The van der Waals surface area contributed by atoms with Crippen molar-refractivity contribution in [3.05, 3.63) is 24.0 Å². The van der Waals surface area contributed by atoms with Gasteiger partial charge in [-0.1, -0.05) is 0 Å². The van der Waals surface area contributed by atoms with E-state index in [1.54, 1.807) is 16.9 Å². The number of fused-ring (bicyclic) bond motifs is 1. The SMILES string of the molecule is CC(=O)c1cnc2cc(N3CCN(C)CC3)nn2c1. The fraction of sp³-hybridized carbons (Fsp3) is 0.462. The highest BCUT2D eigenvalue weighted by atomic mass is 16.1. The van der Waals surface area contributed by atoms with Crippen LogP contribution < -0.4 is 4.90 Å². The van der Waals surface area contributed by atoms with Crippen LogP contribution in [0, 0.1) is 0 Å². The molecule has 3 rings (SSSR count). The molecule has 0 aliphatic carbocycles. The highest BCUT2D eigenvalue weighted by Crippen LogP contribution is 2.16. The summed E-state index contributed by atoms with van der Waals surface area (Å²) in [6, 6.07) is 1.97. The number of piperazine rings is 1. The fourth-order valence-corrected chi connectivity index (χ4v) is 2.24. The van der Waals surface area contributed by atoms with Gasteiger partial charge in [0, 0.05) is 44.6 Å². The minimum absolute atomic E-state index is 0.00560. The Morgan fingerprint density at radius 1 is 1.26 bits per heavy atom. The molecule has 6 nitrogen and oxygen atoms in total. The van der Waals surface area contributed by atoms with E-state index in [1.165, 1.54) is 6.92 Å². The Morgan fingerprint density at radius 3 is 2.68 bits per heavy atom. The monoisotopic (exact) mass is 259 g/mol. The minimum Gasteiger partial charge on any atom is -0.353 e. The molecule has 0 radical (unpaired) electrons. The summed E-state index contributed by atoms with van der Waals surface area (Å²) in [5.41, 5.74) is 1.36. The first-order chi connectivity index (χ1) is 9.13. The first-order valence-corrected chi connectivity index (χ1v) is 6.43. The summed E-state index contributed by atoms with van der Waals surface area (Å²) in [6.45, 7) is 5.56. The third-order valence-electron chi connectivity index (χ3n) is 3.53. The van der Waals surface area contributed by atoms with E-state index >= 15 is 0 Å². The Morgan fingerprint density at radius 2 is 2.00 bits per heavy atom. The van der Waals surface area contributed by atoms with Crippen LogP contribution in [-0.2, 0) is 0 Å². The second-order valence-electron chi connectivity index (χ2n) is 4.99. The van der Waals surface area contributed by atoms with E-state index in [4.69, 9.17) is 0 Å². The highest BCUT2D eigenvalue weighted by molar-refractivity contribution is 5.93. The van der Waals surface area contributed by atoms with E-state index in [2.05, 4.69) is 26.9 Å². The Kier molecular flexibility index (Phi) is 2.94. The number of carbonyl (C=O) groups is 1. The number of nitrogens with zero attached hydrogens (tertiary/aromatic N) is 5. The number of rotatable bonds is 2. The van der Waals surface area contributed by atoms with Crippen molar-refractivity contribution in [3.8, 4) is 0 Å². The summed E-state index contributed by atoms with van der Waals surface area (Å²) < 4.78 is 1.68. The molecule has 1 aliphatic rings. The molecule has 0 bridgehead atoms. The lowest BCUT2D eigenvalue weighted by atomic mass is 10.2. The normalized spacial score (nSPS) is 17.1. The summed E-state index contributed by atoms with van der Waals surface area (Å²) >= 11 is 0. The Balaban J connectivity index is 1.91. The van der Waals surface area contributed by atoms with Gasteiger partial charge < -0.3 is 9.80 Å². The van der Waals surface area contributed by atoms with Gasteiger partial charge in [-0.15, -0.1) is 5.10 Å². The average molecular weight is 259 g/mol. The summed E-state index contributed by atoms with van der Waals surface area (Å²) in [4.78, 5) is 20.2. The highest BCUT2D eigenvalue weighted by Gasteiger charge is 2.17. The molecule has 100 valence electrons. The van der Waals surface area contributed by atoms with Crippen LogP contribution in [0.4, 0.5) is 5.82 Å². The van der Waals surface area contributed by atoms with Crippen LogP contribution in [0.15, 0.2) is 18.5 Å². The van der Waals surface area contributed by atoms with E-state index in [0.717, 1.165) is 37.6 Å². The molecule has 0 amide bonds. The second kappa shape index (κ2) is 4.62. The van der Waals surface area contributed by atoms with Crippen molar-refractivity contribution in [1.29, 1.82) is 0 Å². The molecule has 2 aromatic rings. The lowest BCUT2D eigenvalue weighted by molar-refractivity contribution is 0.101. The molecule has 1 fully saturated rings. The van der Waals surface area contributed by atoms with Crippen LogP contribution in [0.5, 0.6) is 0 Å². The Bertz CT molecular complexity index is 613. The molecule has 0 aromatic carbocycles. The molecule has 0 unspecified atom stereocenters. The molecule has 0 spiro atoms. The molecule has 1 saturated heterocycles. The molecular formula is C13H17N5O. The van der Waals surface area contributed by atoms with E-state index in [1.807, 2.05) is 6.07 Å². The van der Waals surface area contributed by atoms with Gasteiger partial charge >= 0.3 is 0 Å². The van der Waals surface area contributed by atoms with Crippen LogP contribution in [0.3, 0.4) is 0 Å². The van der Waals surface area contributed by atoms with Crippen molar-refractivity contribution >= 4 is 17.2 Å². The van der Waals surface area contributed by atoms with Gasteiger partial charge in [-0.25, -0.2) is 9.50 Å². The molecule has 0 atom stereocenters. The van der Waals surface area contributed by atoms with Gasteiger partial charge in [-0.05, 0) is 14.0 Å². The van der Waals surface area contributed by atoms with E-state index in [0.29, 0.717) is 5.56 Å². The smallest absolute Gasteiger partial charge is 0.162 e. The Labute approximate surface area is 111 Å².